The molecule has 0 unspecified atom stereocenters. The summed E-state index contributed by atoms with van der Waals surface area (Å²) < 4.78 is 30.0. The zero-order valence-electron chi connectivity index (χ0n) is 6.37. The fourth-order valence-corrected chi connectivity index (χ4v) is 0. The van der Waals surface area contributed by atoms with Gasteiger partial charge in [-0.3, -0.25) is 0 Å². The van der Waals surface area contributed by atoms with E-state index in [4.69, 9.17) is 25.2 Å². The molecule has 0 N–H and O–H groups in total. The Morgan fingerprint density at radius 1 is 0.769 bits per heavy atom. The average molecular weight is 289 g/mol. The number of rotatable bonds is 0. The molecule has 0 heterocycles. The maximum atomic E-state index is 7.50. The minimum atomic E-state index is 0. The van der Waals surface area contributed by atoms with Crippen LogP contribution in [0.1, 0.15) is 0 Å². The van der Waals surface area contributed by atoms with Crippen LogP contribution in [0.5, 0.6) is 0 Å². The van der Waals surface area contributed by atoms with Crippen molar-refractivity contribution in [3.05, 3.63) is 38.0 Å². The molecular weight excluding hydrogens is 285 g/mol. The van der Waals surface area contributed by atoms with Crippen LogP contribution in [0, 0.1) is 33.2 Å². The van der Waals surface area contributed by atoms with E-state index in [0.717, 1.165) is 0 Å². The normalized spacial score (nSPS) is 1.23. The summed E-state index contributed by atoms with van der Waals surface area (Å²) >= 11 is 0. The Kier molecular flexibility index (Phi) is 26200. The minimum absolute atomic E-state index is 0. The van der Waals surface area contributed by atoms with Crippen molar-refractivity contribution >= 4 is 17.0 Å². The van der Waals surface area contributed by atoms with Crippen LogP contribution in [0.3, 0.4) is 0 Å². The summed E-state index contributed by atoms with van der Waals surface area (Å²) in [5, 5.41) is 0. The Hall–Kier alpha value is -0.551. The first kappa shape index (κ1) is 55.0. The Morgan fingerprint density at radius 2 is 0.769 bits per heavy atom. The molecule has 0 saturated heterocycles. The fourth-order valence-electron chi connectivity index (χ4n) is 0. The van der Waals surface area contributed by atoms with Crippen LogP contribution in [0.15, 0.2) is 0 Å². The Bertz CT molecular complexity index is 122. The van der Waals surface area contributed by atoms with E-state index in [-0.39, 0.29) is 34.1 Å². The zero-order valence-corrected chi connectivity index (χ0v) is 9.26. The van der Waals surface area contributed by atoms with E-state index in [0.29, 0.717) is 0 Å². The molecule has 7 heteroatoms. The molecule has 0 spiro atoms. The summed E-state index contributed by atoms with van der Waals surface area (Å²) in [5.74, 6) is 0. The molecule has 0 aromatic heterocycles. The van der Waals surface area contributed by atoms with E-state index in [2.05, 4.69) is 31.4 Å². The van der Waals surface area contributed by atoms with Crippen LogP contribution in [-0.2, 0) is 35.7 Å². The molecular formula is C6H4BrMnNO4. The second kappa shape index (κ2) is 6190. The summed E-state index contributed by atoms with van der Waals surface area (Å²) in [6.07, 6.45) is 0. The number of nitrogens with zero attached hydrogens (tertiary/aromatic N) is 1. The molecule has 0 atom stereocenters. The number of hydrogen-bond acceptors (Lipinski definition) is 0. The molecule has 13 heavy (non-hydrogen) atoms. The van der Waals surface area contributed by atoms with Crippen LogP contribution < -0.4 is 0 Å². The molecule has 0 aromatic rings. The molecule has 0 aromatic carbocycles. The summed E-state index contributed by atoms with van der Waals surface area (Å²) in [5.41, 5.74) is 0. The van der Waals surface area contributed by atoms with Crippen LogP contribution in [0.25, 0.3) is 4.85 Å². The predicted molar refractivity (Wildman–Crippen MR) is 38.6 cm³/mol. The van der Waals surface area contributed by atoms with Gasteiger partial charge < -0.3 is 4.85 Å². The maximum Gasteiger partial charge on any atom is 0 e. The van der Waals surface area contributed by atoms with Gasteiger partial charge in [0.25, 0.3) is 0 Å². The van der Waals surface area contributed by atoms with E-state index < -0.39 is 0 Å². The van der Waals surface area contributed by atoms with Gasteiger partial charge in [0, 0.05) is 17.1 Å². The van der Waals surface area contributed by atoms with Gasteiger partial charge >= 0.3 is 45.2 Å². The quantitative estimate of drug-likeness (QED) is 0.361. The van der Waals surface area contributed by atoms with Crippen molar-refractivity contribution in [3.63, 3.8) is 0 Å². The molecule has 0 aliphatic heterocycles. The van der Waals surface area contributed by atoms with Crippen LogP contribution in [0.2, 0.25) is 0 Å². The van der Waals surface area contributed by atoms with Gasteiger partial charge in [0.05, 0.1) is 0 Å². The average Bonchev–Trinajstić information content (AvgIpc) is 2.18. The van der Waals surface area contributed by atoms with Crippen LogP contribution in [0.4, 0.5) is 0 Å². The van der Waals surface area contributed by atoms with E-state index in [1.165, 1.54) is 7.05 Å². The number of halogens is 1. The predicted octanol–water partition coefficient (Wildman–Crippen LogP) is 0.961. The van der Waals surface area contributed by atoms with Crippen molar-refractivity contribution in [2.45, 2.75) is 0 Å². The molecule has 71 valence electrons. The third-order valence-corrected chi connectivity index (χ3v) is 0. The van der Waals surface area contributed by atoms with Gasteiger partial charge in [0.2, 0.25) is 7.05 Å². The minimum Gasteiger partial charge on any atom is 0 e. The zero-order chi connectivity index (χ0) is 10.7. The smallest absolute Gasteiger partial charge is 0 e. The van der Waals surface area contributed by atoms with Gasteiger partial charge in [-0.05, 0) is 0 Å². The van der Waals surface area contributed by atoms with Gasteiger partial charge in [-0.15, -0.1) is 17.0 Å². The molecule has 0 aliphatic carbocycles. The maximum absolute atomic E-state index is 7.50. The Labute approximate surface area is 97.8 Å². The van der Waals surface area contributed by atoms with Gasteiger partial charge in [-0.2, -0.15) is 0 Å². The first-order valence-corrected chi connectivity index (χ1v) is 1.49. The molecule has 5 nitrogen and oxygen atoms in total. The first-order valence-electron chi connectivity index (χ1n) is 1.49. The Balaban J connectivity index is -0.00000000676. The first-order chi connectivity index (χ1) is 5.41. The van der Waals surface area contributed by atoms with E-state index >= 15 is 0 Å². The summed E-state index contributed by atoms with van der Waals surface area (Å²) in [6, 6.07) is 0. The van der Waals surface area contributed by atoms with Gasteiger partial charge in [0.1, 0.15) is 0 Å². The van der Waals surface area contributed by atoms with Crippen molar-refractivity contribution in [1.82, 2.24) is 0 Å². The van der Waals surface area contributed by atoms with Crippen LogP contribution in [-0.4, -0.2) is 7.05 Å². The third kappa shape index (κ3) is 3370. The van der Waals surface area contributed by atoms with E-state index in [9.17, 15) is 0 Å². The molecule has 0 amide bonds. The molecule has 1 radical (unpaired) electrons. The fraction of sp³-hybridized carbons (Fsp3) is 0.167. The van der Waals surface area contributed by atoms with Gasteiger partial charge in [0.15, 0.2) is 0 Å². The SMILES string of the molecule is Br.[C-]#[N+]C.[C-]#[O+].[C-]#[O+].[C-]#[O+].[C-]#[O+].[Mn]. The van der Waals surface area contributed by atoms with Crippen LogP contribution >= 0.6 is 17.0 Å². The second-order valence-corrected chi connectivity index (χ2v) is 0.224. The molecule has 0 fully saturated rings. The monoisotopic (exact) mass is 288 g/mol. The van der Waals surface area contributed by atoms with E-state index in [1.54, 1.807) is 0 Å². The molecule has 0 aliphatic rings. The number of hydrogen-bond donors (Lipinski definition) is 0. The standard InChI is InChI=1S/C2H3N.4CO.BrH.Mn/c1-3-2;4*1-2;;/h1H3;;;;;1H;. The van der Waals surface area contributed by atoms with Crippen molar-refractivity contribution in [2.75, 3.05) is 7.05 Å². The molecule has 0 bridgehead atoms. The third-order valence-electron chi connectivity index (χ3n) is 0. The summed E-state index contributed by atoms with van der Waals surface area (Å²) in [7, 11) is 1.42. The molecule has 0 rings (SSSR count). The topological polar surface area (TPSA) is 84.0 Å². The van der Waals surface area contributed by atoms with Crippen molar-refractivity contribution in [2.24, 2.45) is 0 Å². The molecule has 0 saturated carbocycles. The van der Waals surface area contributed by atoms with Gasteiger partial charge in [-0.25, -0.2) is 6.57 Å². The largest absolute Gasteiger partial charge is 0 e. The summed E-state index contributed by atoms with van der Waals surface area (Å²) in [6.45, 7) is 23.8. The van der Waals surface area contributed by atoms with Crippen molar-refractivity contribution < 1.29 is 35.7 Å². The van der Waals surface area contributed by atoms with Crippen molar-refractivity contribution in [1.29, 1.82) is 0 Å². The Morgan fingerprint density at radius 3 is 0.769 bits per heavy atom. The van der Waals surface area contributed by atoms with Gasteiger partial charge in [-0.1, -0.05) is 0 Å². The second-order valence-electron chi connectivity index (χ2n) is 0.224. The summed E-state index contributed by atoms with van der Waals surface area (Å²) in [4.78, 5) is 2.75. The van der Waals surface area contributed by atoms with Crippen molar-refractivity contribution in [3.8, 4) is 0 Å². The van der Waals surface area contributed by atoms with E-state index in [1.807, 2.05) is 0 Å².